The van der Waals surface area contributed by atoms with Crippen LogP contribution in [0.4, 0.5) is 0 Å². The first kappa shape index (κ1) is 13.7. The van der Waals surface area contributed by atoms with E-state index in [-0.39, 0.29) is 12.3 Å². The van der Waals surface area contributed by atoms with Crippen LogP contribution < -0.4 is 4.68 Å². The predicted molar refractivity (Wildman–Crippen MR) is 65.3 cm³/mol. The average Bonchev–Trinajstić information content (AvgIpc) is 2.39. The highest BCUT2D eigenvalue weighted by Crippen LogP contribution is 2.09. The lowest BCUT2D eigenvalue weighted by atomic mass is 10.3. The molecular formula is C11H12N4O3S. The molecule has 2 rings (SSSR count). The van der Waals surface area contributed by atoms with Crippen molar-refractivity contribution in [1.29, 1.82) is 0 Å². The van der Waals surface area contributed by atoms with Crippen molar-refractivity contribution in [2.24, 2.45) is 0 Å². The van der Waals surface area contributed by atoms with Crippen LogP contribution in [-0.4, -0.2) is 40.8 Å². The van der Waals surface area contributed by atoms with Crippen molar-refractivity contribution >= 4 is 11.1 Å². The van der Waals surface area contributed by atoms with Gasteiger partial charge >= 0.3 is 0 Å². The summed E-state index contributed by atoms with van der Waals surface area (Å²) < 4.78 is 22.3. The van der Waals surface area contributed by atoms with E-state index in [1.165, 1.54) is 4.68 Å². The topological polar surface area (TPSA) is 103 Å². The maximum atomic E-state index is 10.4. The Kier molecular flexibility index (Phi) is 4.61. The van der Waals surface area contributed by atoms with E-state index in [2.05, 4.69) is 15.1 Å². The molecule has 7 nitrogen and oxygen atoms in total. The van der Waals surface area contributed by atoms with Gasteiger partial charge in [-0.1, -0.05) is 15.8 Å². The van der Waals surface area contributed by atoms with Crippen LogP contribution in [0.2, 0.25) is 0 Å². The molecule has 1 N–H and O–H groups in total. The van der Waals surface area contributed by atoms with Crippen LogP contribution in [0, 0.1) is 0 Å². The van der Waals surface area contributed by atoms with Gasteiger partial charge in [-0.2, -0.15) is 0 Å². The quantitative estimate of drug-likeness (QED) is 0.560. The maximum Gasteiger partial charge on any atom is 0.200 e. The molecule has 19 heavy (non-hydrogen) atoms. The fourth-order valence-corrected chi connectivity index (χ4v) is 1.92. The van der Waals surface area contributed by atoms with Gasteiger partial charge in [-0.3, -0.25) is 4.21 Å². The minimum absolute atomic E-state index is 0.115. The molecule has 0 radical (unpaired) electrons. The van der Waals surface area contributed by atoms with E-state index >= 15 is 0 Å². The maximum absolute atomic E-state index is 10.4. The van der Waals surface area contributed by atoms with Crippen LogP contribution in [0.1, 0.15) is 0 Å². The second-order valence-corrected chi connectivity index (χ2v) is 4.78. The second-order valence-electron chi connectivity index (χ2n) is 3.83. The minimum Gasteiger partial charge on any atom is -0.772 e. The van der Waals surface area contributed by atoms with Crippen LogP contribution >= 0.6 is 0 Å². The molecule has 0 aliphatic heterocycles. The molecule has 0 fully saturated rings. The number of rotatable bonds is 5. The molecule has 2 atom stereocenters. The van der Waals surface area contributed by atoms with Gasteiger partial charge in [-0.05, 0) is 11.2 Å². The Morgan fingerprint density at radius 3 is 2.74 bits per heavy atom. The number of hydrogen-bond acceptors (Lipinski definition) is 6. The van der Waals surface area contributed by atoms with Gasteiger partial charge in [0.15, 0.2) is 12.0 Å². The molecule has 0 bridgehead atoms. The van der Waals surface area contributed by atoms with E-state index < -0.39 is 17.2 Å². The van der Waals surface area contributed by atoms with Crippen molar-refractivity contribution in [3.8, 4) is 11.4 Å². The zero-order valence-corrected chi connectivity index (χ0v) is 10.7. The predicted octanol–water partition coefficient (Wildman–Crippen LogP) is -0.934. The first-order chi connectivity index (χ1) is 9.15. The molecule has 0 aliphatic rings. The molecule has 0 aliphatic carbocycles. The van der Waals surface area contributed by atoms with E-state index in [1.54, 1.807) is 36.9 Å². The molecule has 0 saturated heterocycles. The Hall–Kier alpha value is -1.77. The molecule has 2 heterocycles. The van der Waals surface area contributed by atoms with Crippen molar-refractivity contribution in [2.75, 3.05) is 5.75 Å². The normalized spacial score (nSPS) is 14.0. The third-order valence-electron chi connectivity index (χ3n) is 2.32. The number of aliphatic hydroxyl groups is 1. The van der Waals surface area contributed by atoms with Gasteiger partial charge in [-0.25, -0.2) is 9.97 Å². The van der Waals surface area contributed by atoms with E-state index in [0.717, 1.165) is 5.56 Å². The summed E-state index contributed by atoms with van der Waals surface area (Å²) in [5.41, 5.74) is 0.749. The van der Waals surface area contributed by atoms with Crippen LogP contribution in [-0.2, 0) is 17.6 Å². The van der Waals surface area contributed by atoms with Crippen LogP contribution in [0.5, 0.6) is 0 Å². The SMILES string of the molecule is O=S([O-])CC(O)C[n+]1ccc(-c2ncccn2)cn1. The van der Waals surface area contributed by atoms with Gasteiger partial charge < -0.3 is 9.66 Å². The van der Waals surface area contributed by atoms with Crippen LogP contribution in [0.25, 0.3) is 11.4 Å². The standard InChI is InChI=1S/C11H12N4O3S/c16-10(8-19(17)18)7-15-5-2-9(6-14-15)11-12-3-1-4-13-11/h1-6,10,16H,7-8H2. The second kappa shape index (κ2) is 6.41. The van der Waals surface area contributed by atoms with E-state index in [0.29, 0.717) is 5.82 Å². The van der Waals surface area contributed by atoms with Crippen molar-refractivity contribution in [3.63, 3.8) is 0 Å². The molecule has 100 valence electrons. The van der Waals surface area contributed by atoms with Crippen molar-refractivity contribution in [3.05, 3.63) is 36.9 Å². The fraction of sp³-hybridized carbons (Fsp3) is 0.273. The molecule has 8 heteroatoms. The lowest BCUT2D eigenvalue weighted by Crippen LogP contribution is -2.44. The molecular weight excluding hydrogens is 268 g/mol. The van der Waals surface area contributed by atoms with Crippen LogP contribution in [0.3, 0.4) is 0 Å². The Morgan fingerprint density at radius 2 is 2.16 bits per heavy atom. The Bertz CT molecular complexity index is 550. The molecule has 0 spiro atoms. The zero-order chi connectivity index (χ0) is 13.7. The Morgan fingerprint density at radius 1 is 1.42 bits per heavy atom. The summed E-state index contributed by atoms with van der Waals surface area (Å²) in [5, 5.41) is 13.6. The van der Waals surface area contributed by atoms with Crippen molar-refractivity contribution < 1.29 is 18.5 Å². The number of aromatic nitrogens is 4. The average molecular weight is 280 g/mol. The number of nitrogens with zero attached hydrogens (tertiary/aromatic N) is 4. The first-order valence-corrected chi connectivity index (χ1v) is 6.76. The Labute approximate surface area is 112 Å². The van der Waals surface area contributed by atoms with Gasteiger partial charge in [0, 0.05) is 29.8 Å². The summed E-state index contributed by atoms with van der Waals surface area (Å²) in [5.74, 6) is 0.251. The van der Waals surface area contributed by atoms with Gasteiger partial charge in [0.2, 0.25) is 6.54 Å². The summed E-state index contributed by atoms with van der Waals surface area (Å²) in [6.45, 7) is 0.115. The third-order valence-corrected chi connectivity index (χ3v) is 2.98. The van der Waals surface area contributed by atoms with Crippen molar-refractivity contribution in [2.45, 2.75) is 12.6 Å². The fourth-order valence-electron chi connectivity index (χ4n) is 1.50. The first-order valence-electron chi connectivity index (χ1n) is 5.52. The van der Waals surface area contributed by atoms with Gasteiger partial charge in [0.05, 0.1) is 0 Å². The highest BCUT2D eigenvalue weighted by molar-refractivity contribution is 7.79. The van der Waals surface area contributed by atoms with E-state index in [1.807, 2.05) is 0 Å². The molecule has 0 aromatic carbocycles. The summed E-state index contributed by atoms with van der Waals surface area (Å²) in [6.07, 6.45) is 5.50. The molecule has 2 aromatic rings. The lowest BCUT2D eigenvalue weighted by Gasteiger charge is -2.08. The zero-order valence-electron chi connectivity index (χ0n) is 9.92. The largest absolute Gasteiger partial charge is 0.772 e. The summed E-state index contributed by atoms with van der Waals surface area (Å²) in [4.78, 5) is 8.18. The highest BCUT2D eigenvalue weighted by atomic mass is 32.2. The van der Waals surface area contributed by atoms with Crippen molar-refractivity contribution in [1.82, 2.24) is 15.1 Å². The lowest BCUT2D eigenvalue weighted by molar-refractivity contribution is -0.758. The highest BCUT2D eigenvalue weighted by Gasteiger charge is 2.13. The van der Waals surface area contributed by atoms with E-state index in [9.17, 15) is 13.9 Å². The number of hydrogen-bond donors (Lipinski definition) is 1. The number of aliphatic hydroxyl groups excluding tert-OH is 1. The Balaban J connectivity index is 2.05. The third kappa shape index (κ3) is 4.12. The molecule has 0 amide bonds. The molecule has 0 saturated carbocycles. The summed E-state index contributed by atoms with van der Waals surface area (Å²) >= 11 is -2.26. The van der Waals surface area contributed by atoms with E-state index in [4.69, 9.17) is 0 Å². The van der Waals surface area contributed by atoms with Crippen LogP contribution in [0.15, 0.2) is 36.9 Å². The molecule has 2 aromatic heterocycles. The monoisotopic (exact) mass is 280 g/mol. The minimum atomic E-state index is -2.26. The summed E-state index contributed by atoms with van der Waals surface area (Å²) in [7, 11) is 0. The van der Waals surface area contributed by atoms with Gasteiger partial charge in [0.25, 0.3) is 0 Å². The van der Waals surface area contributed by atoms with Gasteiger partial charge in [-0.15, -0.1) is 0 Å². The van der Waals surface area contributed by atoms with Gasteiger partial charge in [0.1, 0.15) is 12.3 Å². The summed E-state index contributed by atoms with van der Waals surface area (Å²) in [6, 6.07) is 3.47. The molecule has 2 unspecified atom stereocenters. The smallest absolute Gasteiger partial charge is 0.200 e.